The van der Waals surface area contributed by atoms with Crippen LogP contribution in [0.1, 0.15) is 43.0 Å². The fourth-order valence-electron chi connectivity index (χ4n) is 4.33. The summed E-state index contributed by atoms with van der Waals surface area (Å²) in [7, 11) is -4.12. The summed E-state index contributed by atoms with van der Waals surface area (Å²) in [4.78, 5) is 28.6. The van der Waals surface area contributed by atoms with Gasteiger partial charge in [-0.25, -0.2) is 8.42 Å². The van der Waals surface area contributed by atoms with Crippen molar-refractivity contribution in [3.8, 4) is 0 Å². The van der Waals surface area contributed by atoms with E-state index >= 15 is 0 Å². The van der Waals surface area contributed by atoms with Gasteiger partial charge < -0.3 is 10.2 Å². The average Bonchev–Trinajstić information content (AvgIpc) is 2.88. The summed E-state index contributed by atoms with van der Waals surface area (Å²) in [6, 6.07) is 18.1. The monoisotopic (exact) mass is 583 g/mol. The molecule has 0 unspecified atom stereocenters. The van der Waals surface area contributed by atoms with Gasteiger partial charge in [0, 0.05) is 18.1 Å². The van der Waals surface area contributed by atoms with Gasteiger partial charge in [0.25, 0.3) is 10.0 Å². The number of nitrogens with one attached hydrogen (secondary N) is 1. The molecule has 1 atom stereocenters. The molecule has 0 aliphatic heterocycles. The van der Waals surface area contributed by atoms with Gasteiger partial charge in [0.2, 0.25) is 11.8 Å². The molecule has 0 saturated carbocycles. The van der Waals surface area contributed by atoms with Gasteiger partial charge in [-0.2, -0.15) is 0 Å². The maximum absolute atomic E-state index is 14.0. The highest BCUT2D eigenvalue weighted by molar-refractivity contribution is 7.92. The first-order valence-corrected chi connectivity index (χ1v) is 15.1. The second-order valence-corrected chi connectivity index (χ2v) is 12.9. The molecular formula is C31H38ClN3O4S. The van der Waals surface area contributed by atoms with E-state index in [1.54, 1.807) is 49.4 Å². The molecule has 3 aromatic rings. The Balaban J connectivity index is 2.05. The van der Waals surface area contributed by atoms with Gasteiger partial charge in [-0.1, -0.05) is 61.3 Å². The fraction of sp³-hybridized carbons (Fsp3) is 0.355. The summed E-state index contributed by atoms with van der Waals surface area (Å²) in [5.74, 6) is -0.599. The number of nitrogens with zero attached hydrogens (tertiary/aromatic N) is 2. The third kappa shape index (κ3) is 8.08. The van der Waals surface area contributed by atoms with E-state index in [9.17, 15) is 18.0 Å². The summed E-state index contributed by atoms with van der Waals surface area (Å²) in [5, 5.41) is 3.39. The van der Waals surface area contributed by atoms with Crippen molar-refractivity contribution >= 4 is 39.1 Å². The largest absolute Gasteiger partial charge is 0.354 e. The number of carbonyl (C=O) groups is 2. The highest BCUT2D eigenvalue weighted by atomic mass is 35.5. The summed E-state index contributed by atoms with van der Waals surface area (Å²) < 4.78 is 29.1. The number of halogens is 1. The molecule has 40 heavy (non-hydrogen) atoms. The van der Waals surface area contributed by atoms with Crippen molar-refractivity contribution in [2.24, 2.45) is 5.92 Å². The van der Waals surface area contributed by atoms with Gasteiger partial charge in [-0.05, 0) is 86.7 Å². The Morgan fingerprint density at radius 2 is 1.50 bits per heavy atom. The molecule has 0 aliphatic rings. The number of hydrogen-bond donors (Lipinski definition) is 1. The Morgan fingerprint density at radius 1 is 0.875 bits per heavy atom. The number of anilines is 1. The molecule has 3 rings (SSSR count). The molecule has 2 amide bonds. The number of hydrogen-bond acceptors (Lipinski definition) is 4. The molecule has 214 valence electrons. The summed E-state index contributed by atoms with van der Waals surface area (Å²) in [6.07, 6.45) is 0. The molecule has 1 N–H and O–H groups in total. The molecule has 0 bridgehead atoms. The predicted octanol–water partition coefficient (Wildman–Crippen LogP) is 5.65. The van der Waals surface area contributed by atoms with Gasteiger partial charge in [-0.3, -0.25) is 13.9 Å². The van der Waals surface area contributed by atoms with Gasteiger partial charge in [0.15, 0.2) is 0 Å². The van der Waals surface area contributed by atoms with Crippen LogP contribution in [0.5, 0.6) is 0 Å². The van der Waals surface area contributed by atoms with Crippen molar-refractivity contribution in [2.75, 3.05) is 17.4 Å². The SMILES string of the molecule is Cc1ccc(S(=O)(=O)N(CC(=O)N(Cc2cccc(Cl)c2)[C@H](C)C(=O)NCC(C)C)c2cc(C)cc(C)c2)cc1. The maximum atomic E-state index is 14.0. The molecule has 0 aliphatic carbocycles. The van der Waals surface area contributed by atoms with Crippen LogP contribution in [0.2, 0.25) is 5.02 Å². The normalized spacial score (nSPS) is 12.2. The fourth-order valence-corrected chi connectivity index (χ4v) is 5.94. The summed E-state index contributed by atoms with van der Waals surface area (Å²) in [6.45, 7) is 11.3. The van der Waals surface area contributed by atoms with Crippen LogP contribution >= 0.6 is 11.6 Å². The van der Waals surface area contributed by atoms with Crippen LogP contribution in [0.25, 0.3) is 0 Å². The second-order valence-electron chi connectivity index (χ2n) is 10.6. The molecule has 0 saturated heterocycles. The number of sulfonamides is 1. The number of carbonyl (C=O) groups excluding carboxylic acids is 2. The van der Waals surface area contributed by atoms with Crippen molar-refractivity contribution in [1.82, 2.24) is 10.2 Å². The minimum absolute atomic E-state index is 0.0779. The van der Waals surface area contributed by atoms with Crippen molar-refractivity contribution in [1.29, 1.82) is 0 Å². The van der Waals surface area contributed by atoms with E-state index in [1.807, 2.05) is 46.8 Å². The second kappa shape index (κ2) is 13.3. The van der Waals surface area contributed by atoms with Crippen molar-refractivity contribution in [3.63, 3.8) is 0 Å². The molecule has 0 heterocycles. The minimum Gasteiger partial charge on any atom is -0.354 e. The number of aryl methyl sites for hydroxylation is 3. The third-order valence-electron chi connectivity index (χ3n) is 6.48. The number of benzene rings is 3. The summed E-state index contributed by atoms with van der Waals surface area (Å²) in [5.41, 5.74) is 3.75. The first-order chi connectivity index (χ1) is 18.8. The quantitative estimate of drug-likeness (QED) is 0.316. The zero-order valence-corrected chi connectivity index (χ0v) is 25.5. The Hall–Kier alpha value is -3.36. The highest BCUT2D eigenvalue weighted by Crippen LogP contribution is 2.27. The van der Waals surface area contributed by atoms with Crippen LogP contribution in [-0.2, 0) is 26.2 Å². The van der Waals surface area contributed by atoms with Crippen LogP contribution < -0.4 is 9.62 Å². The highest BCUT2D eigenvalue weighted by Gasteiger charge is 2.32. The molecule has 0 radical (unpaired) electrons. The Kier molecular flexibility index (Phi) is 10.4. The van der Waals surface area contributed by atoms with Crippen LogP contribution in [0.15, 0.2) is 71.6 Å². The van der Waals surface area contributed by atoms with Gasteiger partial charge >= 0.3 is 0 Å². The average molecular weight is 584 g/mol. The van der Waals surface area contributed by atoms with E-state index in [0.717, 1.165) is 26.6 Å². The first kappa shape index (κ1) is 31.2. The van der Waals surface area contributed by atoms with E-state index in [-0.39, 0.29) is 23.3 Å². The van der Waals surface area contributed by atoms with E-state index in [1.165, 1.54) is 17.0 Å². The first-order valence-electron chi connectivity index (χ1n) is 13.3. The van der Waals surface area contributed by atoms with E-state index in [2.05, 4.69) is 5.32 Å². The maximum Gasteiger partial charge on any atom is 0.264 e. The smallest absolute Gasteiger partial charge is 0.264 e. The van der Waals surface area contributed by atoms with Gasteiger partial charge in [0.05, 0.1) is 10.6 Å². The minimum atomic E-state index is -4.12. The van der Waals surface area contributed by atoms with E-state index in [0.29, 0.717) is 17.3 Å². The molecule has 0 aromatic heterocycles. The molecular weight excluding hydrogens is 546 g/mol. The lowest BCUT2D eigenvalue weighted by Crippen LogP contribution is -2.51. The lowest BCUT2D eigenvalue weighted by atomic mass is 10.1. The number of amides is 2. The Morgan fingerprint density at radius 3 is 2.08 bits per heavy atom. The van der Waals surface area contributed by atoms with E-state index in [4.69, 9.17) is 11.6 Å². The lowest BCUT2D eigenvalue weighted by Gasteiger charge is -2.32. The molecule has 7 nitrogen and oxygen atoms in total. The number of rotatable bonds is 11. The van der Waals surface area contributed by atoms with Crippen molar-refractivity contribution in [3.05, 3.63) is 94.0 Å². The molecule has 3 aromatic carbocycles. The molecule has 9 heteroatoms. The standard InChI is InChI=1S/C31H38ClN3O4S/c1-21(2)18-33-31(37)25(6)34(19-26-8-7-9-27(32)17-26)30(36)20-35(28-15-23(4)14-24(5)16-28)40(38,39)29-12-10-22(3)11-13-29/h7-17,21,25H,18-20H2,1-6H3,(H,33,37)/t25-/m1/s1. The predicted molar refractivity (Wildman–Crippen MR) is 161 cm³/mol. The molecule has 0 fully saturated rings. The lowest BCUT2D eigenvalue weighted by molar-refractivity contribution is -0.139. The summed E-state index contributed by atoms with van der Waals surface area (Å²) >= 11 is 6.20. The van der Waals surface area contributed by atoms with Gasteiger partial charge in [0.1, 0.15) is 12.6 Å². The Bertz CT molecular complexity index is 1440. The van der Waals surface area contributed by atoms with E-state index < -0.39 is 28.5 Å². The van der Waals surface area contributed by atoms with Gasteiger partial charge in [-0.15, -0.1) is 0 Å². The van der Waals surface area contributed by atoms with Crippen molar-refractivity contribution < 1.29 is 18.0 Å². The topological polar surface area (TPSA) is 86.8 Å². The zero-order valence-electron chi connectivity index (χ0n) is 23.9. The zero-order chi connectivity index (χ0) is 29.6. The van der Waals surface area contributed by atoms with Crippen LogP contribution in [0.3, 0.4) is 0 Å². The third-order valence-corrected chi connectivity index (χ3v) is 8.50. The Labute approximate surface area is 243 Å². The van der Waals surface area contributed by atoms with Crippen LogP contribution in [0.4, 0.5) is 5.69 Å². The van der Waals surface area contributed by atoms with Crippen LogP contribution in [-0.4, -0.2) is 44.3 Å². The van der Waals surface area contributed by atoms with Crippen LogP contribution in [0, 0.1) is 26.7 Å². The van der Waals surface area contributed by atoms with Crippen molar-refractivity contribution in [2.45, 2.75) is 59.0 Å². The molecule has 0 spiro atoms.